The highest BCUT2D eigenvalue weighted by molar-refractivity contribution is 5.30. The SMILES string of the molecule is COc1cccc([C@H](C)NC2CCCCC2C(F)(F)F)c1. The lowest BCUT2D eigenvalue weighted by Crippen LogP contribution is -2.46. The molecule has 0 spiro atoms. The van der Waals surface area contributed by atoms with Crippen molar-refractivity contribution in [2.24, 2.45) is 5.92 Å². The second-order valence-corrected chi connectivity index (χ2v) is 5.70. The molecule has 1 aliphatic rings. The van der Waals surface area contributed by atoms with E-state index in [9.17, 15) is 13.2 Å². The van der Waals surface area contributed by atoms with E-state index >= 15 is 0 Å². The fourth-order valence-electron chi connectivity index (χ4n) is 3.05. The van der Waals surface area contributed by atoms with Crippen molar-refractivity contribution < 1.29 is 17.9 Å². The van der Waals surface area contributed by atoms with Gasteiger partial charge in [-0.3, -0.25) is 0 Å². The van der Waals surface area contributed by atoms with Gasteiger partial charge in [-0.2, -0.15) is 13.2 Å². The Kier molecular flexibility index (Phi) is 5.14. The van der Waals surface area contributed by atoms with Gasteiger partial charge in [-0.25, -0.2) is 0 Å². The number of alkyl halides is 3. The molecule has 21 heavy (non-hydrogen) atoms. The maximum atomic E-state index is 13.1. The molecule has 1 fully saturated rings. The lowest BCUT2D eigenvalue weighted by Gasteiger charge is -2.35. The first-order valence-corrected chi connectivity index (χ1v) is 7.38. The number of benzene rings is 1. The van der Waals surface area contributed by atoms with Gasteiger partial charge in [0, 0.05) is 12.1 Å². The molecule has 0 saturated heterocycles. The molecule has 0 aliphatic heterocycles. The van der Waals surface area contributed by atoms with Crippen LogP contribution in [0.1, 0.15) is 44.2 Å². The van der Waals surface area contributed by atoms with Crippen LogP contribution in [-0.2, 0) is 0 Å². The zero-order chi connectivity index (χ0) is 15.5. The third-order valence-corrected chi connectivity index (χ3v) is 4.24. The van der Waals surface area contributed by atoms with Crippen molar-refractivity contribution in [2.75, 3.05) is 7.11 Å². The fourth-order valence-corrected chi connectivity index (χ4v) is 3.05. The molecule has 0 bridgehead atoms. The highest BCUT2D eigenvalue weighted by atomic mass is 19.4. The first-order chi connectivity index (χ1) is 9.91. The third kappa shape index (κ3) is 4.13. The molecule has 1 saturated carbocycles. The average molecular weight is 301 g/mol. The summed E-state index contributed by atoms with van der Waals surface area (Å²) in [4.78, 5) is 0. The summed E-state index contributed by atoms with van der Waals surface area (Å²) in [6, 6.07) is 6.83. The summed E-state index contributed by atoms with van der Waals surface area (Å²) >= 11 is 0. The smallest absolute Gasteiger partial charge is 0.393 e. The maximum absolute atomic E-state index is 13.1. The van der Waals surface area contributed by atoms with E-state index in [1.807, 2.05) is 31.2 Å². The molecule has 1 aromatic rings. The maximum Gasteiger partial charge on any atom is 0.393 e. The van der Waals surface area contributed by atoms with Crippen molar-refractivity contribution in [3.63, 3.8) is 0 Å². The van der Waals surface area contributed by atoms with Crippen LogP contribution in [0, 0.1) is 5.92 Å². The number of hydrogen-bond donors (Lipinski definition) is 1. The molecule has 2 nitrogen and oxygen atoms in total. The monoisotopic (exact) mass is 301 g/mol. The minimum absolute atomic E-state index is 0.131. The van der Waals surface area contributed by atoms with Crippen LogP contribution in [0.25, 0.3) is 0 Å². The molecular weight excluding hydrogens is 279 g/mol. The second kappa shape index (κ2) is 6.69. The molecule has 1 N–H and O–H groups in total. The summed E-state index contributed by atoms with van der Waals surface area (Å²) in [5.74, 6) is -0.517. The topological polar surface area (TPSA) is 21.3 Å². The highest BCUT2D eigenvalue weighted by Gasteiger charge is 2.45. The summed E-state index contributed by atoms with van der Waals surface area (Å²) in [6.45, 7) is 1.90. The van der Waals surface area contributed by atoms with Gasteiger partial charge in [0.15, 0.2) is 0 Å². The van der Waals surface area contributed by atoms with Crippen molar-refractivity contribution in [3.8, 4) is 5.75 Å². The molecule has 0 radical (unpaired) electrons. The number of halogens is 3. The van der Waals surface area contributed by atoms with Gasteiger partial charge in [0.05, 0.1) is 13.0 Å². The minimum atomic E-state index is -4.12. The standard InChI is InChI=1S/C16H22F3NO/c1-11(12-6-5-7-13(10-12)21-2)20-15-9-4-3-8-14(15)16(17,18)19/h5-7,10-11,14-15,20H,3-4,8-9H2,1-2H3/t11-,14?,15?/m0/s1. The molecule has 5 heteroatoms. The van der Waals surface area contributed by atoms with Crippen LogP contribution < -0.4 is 10.1 Å². The Labute approximate surface area is 123 Å². The average Bonchev–Trinajstić information content (AvgIpc) is 2.46. The molecule has 2 rings (SSSR count). The molecule has 2 unspecified atom stereocenters. The molecule has 1 aliphatic carbocycles. The molecule has 0 amide bonds. The minimum Gasteiger partial charge on any atom is -0.497 e. The first kappa shape index (κ1) is 16.1. The van der Waals surface area contributed by atoms with Crippen molar-refractivity contribution in [3.05, 3.63) is 29.8 Å². The summed E-state index contributed by atoms with van der Waals surface area (Å²) in [6.07, 6.45) is -1.79. The van der Waals surface area contributed by atoms with Gasteiger partial charge < -0.3 is 10.1 Å². The van der Waals surface area contributed by atoms with Crippen molar-refractivity contribution >= 4 is 0 Å². The Hall–Kier alpha value is -1.23. The van der Waals surface area contributed by atoms with Crippen LogP contribution in [0.15, 0.2) is 24.3 Å². The van der Waals surface area contributed by atoms with Crippen molar-refractivity contribution in [1.29, 1.82) is 0 Å². The van der Waals surface area contributed by atoms with Crippen LogP contribution in [0.2, 0.25) is 0 Å². The number of hydrogen-bond acceptors (Lipinski definition) is 2. The van der Waals surface area contributed by atoms with E-state index in [1.54, 1.807) is 7.11 Å². The first-order valence-electron chi connectivity index (χ1n) is 7.38. The Morgan fingerprint density at radius 1 is 1.24 bits per heavy atom. The highest BCUT2D eigenvalue weighted by Crippen LogP contribution is 2.38. The van der Waals surface area contributed by atoms with Gasteiger partial charge in [0.25, 0.3) is 0 Å². The van der Waals surface area contributed by atoms with Gasteiger partial charge in [-0.1, -0.05) is 25.0 Å². The van der Waals surface area contributed by atoms with Gasteiger partial charge >= 0.3 is 6.18 Å². The Bertz CT molecular complexity index is 461. The lowest BCUT2D eigenvalue weighted by atomic mass is 9.83. The zero-order valence-corrected chi connectivity index (χ0v) is 12.4. The van der Waals surface area contributed by atoms with Crippen LogP contribution in [0.5, 0.6) is 5.75 Å². The lowest BCUT2D eigenvalue weighted by molar-refractivity contribution is -0.189. The van der Waals surface area contributed by atoms with E-state index in [4.69, 9.17) is 4.74 Å². The van der Waals surface area contributed by atoms with Gasteiger partial charge in [-0.05, 0) is 37.5 Å². The van der Waals surface area contributed by atoms with Crippen LogP contribution in [0.4, 0.5) is 13.2 Å². The van der Waals surface area contributed by atoms with Crippen molar-refractivity contribution in [1.82, 2.24) is 5.32 Å². The van der Waals surface area contributed by atoms with Crippen molar-refractivity contribution in [2.45, 2.75) is 50.9 Å². The summed E-state index contributed by atoms with van der Waals surface area (Å²) in [5, 5.41) is 3.17. The number of rotatable bonds is 4. The number of methoxy groups -OCH3 is 1. The predicted octanol–water partition coefficient (Wildman–Crippen LogP) is 4.47. The van der Waals surface area contributed by atoms with Gasteiger partial charge in [0.1, 0.15) is 5.75 Å². The molecule has 0 aromatic heterocycles. The quantitative estimate of drug-likeness (QED) is 0.886. The zero-order valence-electron chi connectivity index (χ0n) is 12.4. The summed E-state index contributed by atoms with van der Waals surface area (Å²) in [5.41, 5.74) is 0.945. The Morgan fingerprint density at radius 3 is 2.62 bits per heavy atom. The second-order valence-electron chi connectivity index (χ2n) is 5.70. The number of nitrogens with one attached hydrogen (secondary N) is 1. The molecule has 3 atom stereocenters. The Balaban J connectivity index is 2.07. The Morgan fingerprint density at radius 2 is 1.95 bits per heavy atom. The molecule has 0 heterocycles. The van der Waals surface area contributed by atoms with E-state index in [-0.39, 0.29) is 12.5 Å². The summed E-state index contributed by atoms with van der Waals surface area (Å²) < 4.78 is 44.5. The normalized spacial score (nSPS) is 24.6. The fraction of sp³-hybridized carbons (Fsp3) is 0.625. The van der Waals surface area contributed by atoms with Crippen LogP contribution >= 0.6 is 0 Å². The molecule has 118 valence electrons. The van der Waals surface area contributed by atoms with E-state index in [1.165, 1.54) is 0 Å². The van der Waals surface area contributed by atoms with Crippen LogP contribution in [-0.4, -0.2) is 19.3 Å². The molecule has 1 aromatic carbocycles. The summed E-state index contributed by atoms with van der Waals surface area (Å²) in [7, 11) is 1.58. The van der Waals surface area contributed by atoms with E-state index in [2.05, 4.69) is 5.32 Å². The number of ether oxygens (including phenoxy) is 1. The largest absolute Gasteiger partial charge is 0.497 e. The van der Waals surface area contributed by atoms with Gasteiger partial charge in [-0.15, -0.1) is 0 Å². The van der Waals surface area contributed by atoms with E-state index in [0.717, 1.165) is 17.7 Å². The van der Waals surface area contributed by atoms with E-state index < -0.39 is 18.1 Å². The van der Waals surface area contributed by atoms with Crippen LogP contribution in [0.3, 0.4) is 0 Å². The third-order valence-electron chi connectivity index (χ3n) is 4.24. The predicted molar refractivity (Wildman–Crippen MR) is 76.3 cm³/mol. The molecular formula is C16H22F3NO. The van der Waals surface area contributed by atoms with Gasteiger partial charge in [0.2, 0.25) is 0 Å². The van der Waals surface area contributed by atoms with E-state index in [0.29, 0.717) is 12.8 Å².